The standard InChI is InChI=1S/C23H30N2O4/c1-6-27-20-13-19(14-21(28-7-2)22(20)29-8-3)23(26)25-24-15-17-9-11-18(12-10-17)16(4)5/h9-16H,6-8H2,1-5H3,(H,25,26). The van der Waals surface area contributed by atoms with Crippen LogP contribution in [0.25, 0.3) is 0 Å². The van der Waals surface area contributed by atoms with Crippen LogP contribution in [0.15, 0.2) is 41.5 Å². The van der Waals surface area contributed by atoms with Crippen molar-refractivity contribution in [3.05, 3.63) is 53.1 Å². The summed E-state index contributed by atoms with van der Waals surface area (Å²) in [5.41, 5.74) is 5.10. The third kappa shape index (κ3) is 6.24. The molecule has 2 aromatic rings. The Morgan fingerprint density at radius 3 is 2.00 bits per heavy atom. The van der Waals surface area contributed by atoms with E-state index in [1.54, 1.807) is 18.3 Å². The molecule has 0 unspecified atom stereocenters. The second-order valence-electron chi connectivity index (χ2n) is 6.62. The van der Waals surface area contributed by atoms with Crippen LogP contribution >= 0.6 is 0 Å². The van der Waals surface area contributed by atoms with E-state index in [9.17, 15) is 4.79 Å². The molecule has 1 N–H and O–H groups in total. The molecule has 156 valence electrons. The molecule has 2 aromatic carbocycles. The molecule has 2 rings (SSSR count). The van der Waals surface area contributed by atoms with E-state index in [0.29, 0.717) is 48.6 Å². The second-order valence-corrected chi connectivity index (χ2v) is 6.62. The minimum atomic E-state index is -0.356. The predicted octanol–water partition coefficient (Wildman–Crippen LogP) is 4.77. The van der Waals surface area contributed by atoms with Gasteiger partial charge in [-0.25, -0.2) is 5.43 Å². The van der Waals surface area contributed by atoms with Crippen LogP contribution in [0.5, 0.6) is 17.2 Å². The molecular formula is C23H30N2O4. The van der Waals surface area contributed by atoms with Crippen LogP contribution in [0.2, 0.25) is 0 Å². The Bertz CT molecular complexity index is 802. The van der Waals surface area contributed by atoms with Crippen molar-refractivity contribution in [1.82, 2.24) is 5.43 Å². The Balaban J connectivity index is 2.18. The lowest BCUT2D eigenvalue weighted by molar-refractivity contribution is 0.0954. The molecule has 0 spiro atoms. The molecule has 0 aromatic heterocycles. The van der Waals surface area contributed by atoms with Gasteiger partial charge in [-0.1, -0.05) is 38.1 Å². The van der Waals surface area contributed by atoms with Crippen molar-refractivity contribution in [3.63, 3.8) is 0 Å². The Labute approximate surface area is 172 Å². The zero-order valence-corrected chi connectivity index (χ0v) is 17.8. The van der Waals surface area contributed by atoms with E-state index in [1.165, 1.54) is 5.56 Å². The van der Waals surface area contributed by atoms with Gasteiger partial charge in [0, 0.05) is 5.56 Å². The van der Waals surface area contributed by atoms with E-state index < -0.39 is 0 Å². The van der Waals surface area contributed by atoms with Crippen molar-refractivity contribution < 1.29 is 19.0 Å². The smallest absolute Gasteiger partial charge is 0.271 e. The van der Waals surface area contributed by atoms with Crippen LogP contribution < -0.4 is 19.6 Å². The lowest BCUT2D eigenvalue weighted by atomic mass is 10.0. The Morgan fingerprint density at radius 1 is 0.966 bits per heavy atom. The summed E-state index contributed by atoms with van der Waals surface area (Å²) in [4.78, 5) is 12.6. The van der Waals surface area contributed by atoms with Gasteiger partial charge >= 0.3 is 0 Å². The van der Waals surface area contributed by atoms with Gasteiger partial charge in [0.15, 0.2) is 11.5 Å². The van der Waals surface area contributed by atoms with Crippen molar-refractivity contribution in [3.8, 4) is 17.2 Å². The fourth-order valence-corrected chi connectivity index (χ4v) is 2.72. The number of amides is 1. The summed E-state index contributed by atoms with van der Waals surface area (Å²) in [5.74, 6) is 1.56. The zero-order chi connectivity index (χ0) is 21.2. The molecule has 0 aliphatic rings. The van der Waals surface area contributed by atoms with Gasteiger partial charge in [0.2, 0.25) is 5.75 Å². The average molecular weight is 399 g/mol. The summed E-state index contributed by atoms with van der Waals surface area (Å²) < 4.78 is 17.0. The summed E-state index contributed by atoms with van der Waals surface area (Å²) in [6.07, 6.45) is 1.61. The highest BCUT2D eigenvalue weighted by atomic mass is 16.5. The maximum absolute atomic E-state index is 12.6. The molecule has 0 aliphatic heterocycles. The summed E-state index contributed by atoms with van der Waals surface area (Å²) in [6, 6.07) is 11.3. The molecule has 0 atom stereocenters. The van der Waals surface area contributed by atoms with Gasteiger partial charge in [-0.05, 0) is 49.9 Å². The molecule has 0 fully saturated rings. The minimum Gasteiger partial charge on any atom is -0.490 e. The van der Waals surface area contributed by atoms with Gasteiger partial charge < -0.3 is 14.2 Å². The highest BCUT2D eigenvalue weighted by Gasteiger charge is 2.18. The number of benzene rings is 2. The summed E-state index contributed by atoms with van der Waals surface area (Å²) in [6.45, 7) is 11.3. The zero-order valence-electron chi connectivity index (χ0n) is 17.8. The number of carbonyl (C=O) groups is 1. The highest BCUT2D eigenvalue weighted by molar-refractivity contribution is 5.96. The molecule has 6 nitrogen and oxygen atoms in total. The number of hydrogen-bond acceptors (Lipinski definition) is 5. The third-order valence-electron chi connectivity index (χ3n) is 4.15. The molecule has 0 heterocycles. The van der Waals surface area contributed by atoms with Crippen LogP contribution in [0.3, 0.4) is 0 Å². The fourth-order valence-electron chi connectivity index (χ4n) is 2.72. The average Bonchev–Trinajstić information content (AvgIpc) is 2.70. The van der Waals surface area contributed by atoms with E-state index in [4.69, 9.17) is 14.2 Å². The first kappa shape index (κ1) is 22.3. The van der Waals surface area contributed by atoms with Crippen LogP contribution in [0.4, 0.5) is 0 Å². The van der Waals surface area contributed by atoms with Gasteiger partial charge in [0.1, 0.15) is 0 Å². The number of carbonyl (C=O) groups excluding carboxylic acids is 1. The number of nitrogens with zero attached hydrogens (tertiary/aromatic N) is 1. The monoisotopic (exact) mass is 398 g/mol. The Hall–Kier alpha value is -3.02. The first-order valence-electron chi connectivity index (χ1n) is 9.99. The lowest BCUT2D eigenvalue weighted by Crippen LogP contribution is -2.18. The Morgan fingerprint density at radius 2 is 1.52 bits per heavy atom. The van der Waals surface area contributed by atoms with Gasteiger partial charge in [-0.3, -0.25) is 4.79 Å². The number of ether oxygens (including phenoxy) is 3. The van der Waals surface area contributed by atoms with E-state index in [-0.39, 0.29) is 5.91 Å². The maximum atomic E-state index is 12.6. The normalized spacial score (nSPS) is 11.0. The van der Waals surface area contributed by atoms with E-state index in [2.05, 4.69) is 36.5 Å². The number of hydrogen-bond donors (Lipinski definition) is 1. The van der Waals surface area contributed by atoms with Crippen LogP contribution in [0, 0.1) is 0 Å². The second kappa shape index (κ2) is 11.1. The summed E-state index contributed by atoms with van der Waals surface area (Å²) >= 11 is 0. The van der Waals surface area contributed by atoms with E-state index in [1.807, 2.05) is 32.9 Å². The number of nitrogens with one attached hydrogen (secondary N) is 1. The van der Waals surface area contributed by atoms with Crippen LogP contribution in [-0.4, -0.2) is 31.9 Å². The maximum Gasteiger partial charge on any atom is 0.271 e. The fraction of sp³-hybridized carbons (Fsp3) is 0.391. The van der Waals surface area contributed by atoms with E-state index >= 15 is 0 Å². The first-order valence-corrected chi connectivity index (χ1v) is 9.99. The van der Waals surface area contributed by atoms with Crippen LogP contribution in [0.1, 0.15) is 62.0 Å². The van der Waals surface area contributed by atoms with Gasteiger partial charge in [-0.2, -0.15) is 5.10 Å². The molecule has 0 aliphatic carbocycles. The molecule has 6 heteroatoms. The van der Waals surface area contributed by atoms with Gasteiger partial charge in [0.25, 0.3) is 5.91 Å². The third-order valence-corrected chi connectivity index (χ3v) is 4.15. The summed E-state index contributed by atoms with van der Waals surface area (Å²) in [5, 5.41) is 4.07. The lowest BCUT2D eigenvalue weighted by Gasteiger charge is -2.16. The van der Waals surface area contributed by atoms with Crippen molar-refractivity contribution in [2.24, 2.45) is 5.10 Å². The largest absolute Gasteiger partial charge is 0.490 e. The van der Waals surface area contributed by atoms with Crippen molar-refractivity contribution >= 4 is 12.1 Å². The predicted molar refractivity (Wildman–Crippen MR) is 116 cm³/mol. The summed E-state index contributed by atoms with van der Waals surface area (Å²) in [7, 11) is 0. The van der Waals surface area contributed by atoms with Crippen molar-refractivity contribution in [1.29, 1.82) is 0 Å². The molecule has 29 heavy (non-hydrogen) atoms. The molecular weight excluding hydrogens is 368 g/mol. The van der Waals surface area contributed by atoms with E-state index in [0.717, 1.165) is 5.56 Å². The molecule has 1 amide bonds. The van der Waals surface area contributed by atoms with Crippen LogP contribution in [-0.2, 0) is 0 Å². The molecule has 0 saturated heterocycles. The van der Waals surface area contributed by atoms with Gasteiger partial charge in [-0.15, -0.1) is 0 Å². The number of rotatable bonds is 10. The van der Waals surface area contributed by atoms with Crippen molar-refractivity contribution in [2.45, 2.75) is 40.5 Å². The first-order chi connectivity index (χ1) is 14.0. The SMILES string of the molecule is CCOc1cc(C(=O)NN=Cc2ccc(C(C)C)cc2)cc(OCC)c1OCC. The molecule has 0 bridgehead atoms. The Kier molecular flexibility index (Phi) is 8.52. The quantitative estimate of drug-likeness (QED) is 0.462. The topological polar surface area (TPSA) is 69.2 Å². The highest BCUT2D eigenvalue weighted by Crippen LogP contribution is 2.39. The molecule has 0 radical (unpaired) electrons. The van der Waals surface area contributed by atoms with Gasteiger partial charge in [0.05, 0.1) is 26.0 Å². The van der Waals surface area contributed by atoms with Crippen molar-refractivity contribution in [2.75, 3.05) is 19.8 Å². The molecule has 0 saturated carbocycles. The minimum absolute atomic E-state index is 0.356. The number of hydrazone groups is 1.